The Morgan fingerprint density at radius 2 is 1.94 bits per heavy atom. The van der Waals surface area contributed by atoms with E-state index in [1.807, 2.05) is 24.3 Å². The molecule has 0 bridgehead atoms. The first kappa shape index (κ1) is 23.1. The number of fused-ring (bicyclic) bond motifs is 4. The van der Waals surface area contributed by atoms with E-state index in [-0.39, 0.29) is 42.6 Å². The van der Waals surface area contributed by atoms with Gasteiger partial charge in [-0.3, -0.25) is 9.59 Å². The van der Waals surface area contributed by atoms with E-state index in [9.17, 15) is 24.2 Å². The van der Waals surface area contributed by atoms with Crippen LogP contribution >= 0.6 is 11.8 Å². The monoisotopic (exact) mass is 513 g/mol. The minimum Gasteiger partial charge on any atom is -0.501 e. The van der Waals surface area contributed by atoms with Gasteiger partial charge < -0.3 is 24.4 Å². The van der Waals surface area contributed by atoms with Crippen LogP contribution in [0.3, 0.4) is 0 Å². The molecule has 11 heteroatoms. The Balaban J connectivity index is 1.71. The highest BCUT2D eigenvalue weighted by molar-refractivity contribution is 7.98. The van der Waals surface area contributed by atoms with E-state index in [0.717, 1.165) is 16.5 Å². The Bertz CT molecular complexity index is 1460. The molecule has 3 aliphatic heterocycles. The van der Waals surface area contributed by atoms with Crippen LogP contribution in [0.15, 0.2) is 46.1 Å². The summed E-state index contributed by atoms with van der Waals surface area (Å²) in [4.78, 5) is 32.2. The first-order valence-corrected chi connectivity index (χ1v) is 12.4. The predicted molar refractivity (Wildman–Crippen MR) is 125 cm³/mol. The average molecular weight is 514 g/mol. The van der Waals surface area contributed by atoms with Crippen LogP contribution in [-0.4, -0.2) is 56.4 Å². The third kappa shape index (κ3) is 3.30. The van der Waals surface area contributed by atoms with E-state index >= 15 is 4.39 Å². The van der Waals surface area contributed by atoms with Crippen LogP contribution < -0.4 is 5.56 Å². The summed E-state index contributed by atoms with van der Waals surface area (Å²) >= 11 is 1.38. The van der Waals surface area contributed by atoms with E-state index < -0.39 is 53.5 Å². The fourth-order valence-electron chi connectivity index (χ4n) is 5.64. The maximum Gasteiger partial charge on any atom is 0.316 e. The van der Waals surface area contributed by atoms with Crippen molar-refractivity contribution < 1.29 is 28.5 Å². The molecule has 3 aliphatic rings. The lowest BCUT2D eigenvalue weighted by Crippen LogP contribution is -2.59. The standard InChI is InChI=1S/C25H21F2N3O5S/c26-15-6-5-12-14(20(15)27)11-36-17-4-2-1-3-13(17)19(12)21-16-10-35-8-7-29(16)25(34)22-23(32)24(33)28-18(9-31)30(21)22/h1-6,16,19,21,31-32H,7-11H2. The fraction of sp³-hybridized carbons (Fsp3) is 0.320. The predicted octanol–water partition coefficient (Wildman–Crippen LogP) is 2.55. The molecule has 1 fully saturated rings. The molecule has 3 aromatic rings. The molecule has 3 atom stereocenters. The first-order chi connectivity index (χ1) is 17.4. The third-order valence-corrected chi connectivity index (χ3v) is 8.29. The molecule has 2 aromatic carbocycles. The number of carbonyl (C=O) groups excluding carboxylic acids is 1. The van der Waals surface area contributed by atoms with Crippen LogP contribution in [0.25, 0.3) is 0 Å². The Morgan fingerprint density at radius 1 is 1.14 bits per heavy atom. The molecule has 3 unspecified atom stereocenters. The number of halogens is 2. The summed E-state index contributed by atoms with van der Waals surface area (Å²) in [6, 6.07) is 8.77. The maximum absolute atomic E-state index is 15.2. The van der Waals surface area contributed by atoms with Crippen LogP contribution in [0, 0.1) is 11.6 Å². The highest BCUT2D eigenvalue weighted by Crippen LogP contribution is 2.50. The Morgan fingerprint density at radius 3 is 2.75 bits per heavy atom. The largest absolute Gasteiger partial charge is 0.501 e. The second-order valence-electron chi connectivity index (χ2n) is 8.92. The van der Waals surface area contributed by atoms with Crippen LogP contribution in [-0.2, 0) is 17.1 Å². The van der Waals surface area contributed by atoms with Crippen molar-refractivity contribution in [2.75, 3.05) is 19.8 Å². The van der Waals surface area contributed by atoms with Gasteiger partial charge in [0, 0.05) is 28.7 Å². The number of aliphatic hydroxyl groups is 1. The lowest BCUT2D eigenvalue weighted by atomic mass is 9.78. The molecule has 6 rings (SSSR count). The smallest absolute Gasteiger partial charge is 0.316 e. The Hall–Kier alpha value is -3.28. The molecule has 2 N–H and O–H groups in total. The molecule has 1 amide bonds. The lowest BCUT2D eigenvalue weighted by molar-refractivity contribution is -0.0310. The van der Waals surface area contributed by atoms with Crippen molar-refractivity contribution in [3.8, 4) is 5.75 Å². The van der Waals surface area contributed by atoms with Gasteiger partial charge in [0.05, 0.1) is 25.3 Å². The summed E-state index contributed by atoms with van der Waals surface area (Å²) in [5.74, 6) is -3.84. The Kier molecular flexibility index (Phi) is 5.58. The van der Waals surface area contributed by atoms with Gasteiger partial charge in [-0.15, -0.1) is 11.8 Å². The molecule has 4 heterocycles. The van der Waals surface area contributed by atoms with E-state index in [1.165, 1.54) is 16.3 Å². The fourth-order valence-corrected chi connectivity index (χ4v) is 6.77. The van der Waals surface area contributed by atoms with Gasteiger partial charge in [-0.25, -0.2) is 8.78 Å². The molecule has 0 radical (unpaired) electrons. The van der Waals surface area contributed by atoms with Crippen molar-refractivity contribution in [2.24, 2.45) is 0 Å². The van der Waals surface area contributed by atoms with Gasteiger partial charge in [0.15, 0.2) is 17.3 Å². The third-order valence-electron chi connectivity index (χ3n) is 7.17. The van der Waals surface area contributed by atoms with Crippen molar-refractivity contribution in [3.05, 3.63) is 86.6 Å². The van der Waals surface area contributed by atoms with Crippen LogP contribution in [0.2, 0.25) is 0 Å². The second kappa shape index (κ2) is 8.68. The summed E-state index contributed by atoms with van der Waals surface area (Å²) in [7, 11) is 0. The number of hydrogen-bond donors (Lipinski definition) is 2. The first-order valence-electron chi connectivity index (χ1n) is 11.4. The summed E-state index contributed by atoms with van der Waals surface area (Å²) in [6.07, 6.45) is 0. The number of rotatable bonds is 2. The van der Waals surface area contributed by atoms with Gasteiger partial charge in [0.25, 0.3) is 5.91 Å². The van der Waals surface area contributed by atoms with Gasteiger partial charge in [-0.05, 0) is 23.3 Å². The number of benzene rings is 2. The molecule has 8 nitrogen and oxygen atoms in total. The van der Waals surface area contributed by atoms with Gasteiger partial charge >= 0.3 is 5.56 Å². The minimum absolute atomic E-state index is 0.102. The molecular formula is C25H21F2N3O5S. The van der Waals surface area contributed by atoms with E-state index in [2.05, 4.69) is 4.98 Å². The minimum atomic E-state index is -1.02. The molecule has 0 spiro atoms. The second-order valence-corrected chi connectivity index (χ2v) is 9.94. The number of morpholine rings is 1. The highest BCUT2D eigenvalue weighted by atomic mass is 32.2. The lowest BCUT2D eigenvalue weighted by Gasteiger charge is -2.48. The van der Waals surface area contributed by atoms with Gasteiger partial charge in [0.2, 0.25) is 5.75 Å². The SMILES string of the molecule is O=C1c2c(O)c(=O)nc(CO)n2C(C2c3ccccc3SCc3c2ccc(F)c3F)C2COCCN12. The van der Waals surface area contributed by atoms with Crippen LogP contribution in [0.1, 0.15) is 45.0 Å². The number of hydrogen-bond acceptors (Lipinski definition) is 7. The molecule has 186 valence electrons. The number of aromatic hydroxyl groups is 1. The normalized spacial score (nSPS) is 22.8. The molecular weight excluding hydrogens is 492 g/mol. The zero-order valence-electron chi connectivity index (χ0n) is 18.9. The van der Waals surface area contributed by atoms with E-state index in [0.29, 0.717) is 5.56 Å². The van der Waals surface area contributed by atoms with Gasteiger partial charge in [-0.1, -0.05) is 24.3 Å². The number of ether oxygens (including phenoxy) is 1. The molecule has 0 saturated carbocycles. The molecule has 0 aliphatic carbocycles. The van der Waals surface area contributed by atoms with Gasteiger partial charge in [0.1, 0.15) is 12.4 Å². The van der Waals surface area contributed by atoms with E-state index in [1.54, 1.807) is 11.0 Å². The maximum atomic E-state index is 15.2. The van der Waals surface area contributed by atoms with Crippen molar-refractivity contribution in [2.45, 2.75) is 35.3 Å². The average Bonchev–Trinajstić information content (AvgIpc) is 3.06. The van der Waals surface area contributed by atoms with Crippen molar-refractivity contribution in [1.82, 2.24) is 14.5 Å². The van der Waals surface area contributed by atoms with Crippen molar-refractivity contribution in [1.29, 1.82) is 0 Å². The summed E-state index contributed by atoms with van der Waals surface area (Å²) in [5.41, 5.74) is 0.233. The van der Waals surface area contributed by atoms with Crippen molar-refractivity contribution >= 4 is 17.7 Å². The highest BCUT2D eigenvalue weighted by Gasteiger charge is 2.49. The summed E-state index contributed by atoms with van der Waals surface area (Å²) in [5, 5.41) is 20.9. The molecule has 1 aromatic heterocycles. The zero-order valence-corrected chi connectivity index (χ0v) is 19.7. The number of carbonyl (C=O) groups is 1. The number of thioether (sulfide) groups is 1. The van der Waals surface area contributed by atoms with Gasteiger partial charge in [-0.2, -0.15) is 4.98 Å². The topological polar surface area (TPSA) is 105 Å². The number of nitrogens with zero attached hydrogens (tertiary/aromatic N) is 3. The molecule has 1 saturated heterocycles. The number of amides is 1. The van der Waals surface area contributed by atoms with E-state index in [4.69, 9.17) is 4.74 Å². The zero-order chi connectivity index (χ0) is 25.1. The number of aliphatic hydroxyl groups excluding tert-OH is 1. The van der Waals surface area contributed by atoms with Crippen LogP contribution in [0.4, 0.5) is 8.78 Å². The Labute approximate surface area is 208 Å². The number of aromatic nitrogens is 2. The summed E-state index contributed by atoms with van der Waals surface area (Å²) in [6.45, 7) is -0.0460. The van der Waals surface area contributed by atoms with Crippen molar-refractivity contribution in [3.63, 3.8) is 0 Å². The molecule has 36 heavy (non-hydrogen) atoms. The summed E-state index contributed by atoms with van der Waals surface area (Å²) < 4.78 is 36.6. The quantitative estimate of drug-likeness (QED) is 0.543. The van der Waals surface area contributed by atoms with Crippen LogP contribution in [0.5, 0.6) is 5.75 Å².